The van der Waals surface area contributed by atoms with Gasteiger partial charge >= 0.3 is 0 Å². The summed E-state index contributed by atoms with van der Waals surface area (Å²) in [6.45, 7) is 2.80. The summed E-state index contributed by atoms with van der Waals surface area (Å²) in [4.78, 5) is 13.0. The minimum atomic E-state index is 0.560. The number of anilines is 1. The van der Waals surface area contributed by atoms with Crippen molar-refractivity contribution >= 4 is 29.1 Å². The Bertz CT molecular complexity index is 1040. The molecule has 3 aromatic rings. The predicted octanol–water partition coefficient (Wildman–Crippen LogP) is 3.75. The molecule has 1 aliphatic rings. The molecule has 4 N–H and O–H groups in total. The fraction of sp³-hybridized carbons (Fsp3) is 0.136. The third kappa shape index (κ3) is 4.75. The maximum absolute atomic E-state index is 6.39. The Morgan fingerprint density at radius 2 is 2.00 bits per heavy atom. The van der Waals surface area contributed by atoms with Crippen LogP contribution in [0, 0.1) is 6.92 Å². The molecule has 3 heterocycles. The van der Waals surface area contributed by atoms with Crippen molar-refractivity contribution in [3.8, 4) is 0 Å². The molecule has 6 nitrogen and oxygen atoms in total. The van der Waals surface area contributed by atoms with Gasteiger partial charge in [-0.3, -0.25) is 4.98 Å². The van der Waals surface area contributed by atoms with Gasteiger partial charge in [-0.1, -0.05) is 47.7 Å². The highest BCUT2D eigenvalue weighted by Gasteiger charge is 2.16. The summed E-state index contributed by atoms with van der Waals surface area (Å²) in [5.74, 6) is 0.560. The normalized spacial score (nSPS) is 14.9. The van der Waals surface area contributed by atoms with E-state index in [4.69, 9.17) is 5.73 Å². The lowest BCUT2D eigenvalue weighted by atomic mass is 10.1. The van der Waals surface area contributed by atoms with E-state index < -0.39 is 0 Å². The van der Waals surface area contributed by atoms with Gasteiger partial charge in [-0.15, -0.1) is 0 Å². The number of hydrogen-bond donors (Lipinski definition) is 3. The predicted molar refractivity (Wildman–Crippen MR) is 119 cm³/mol. The molecule has 0 saturated carbocycles. The van der Waals surface area contributed by atoms with Crippen molar-refractivity contribution in [2.24, 2.45) is 5.73 Å². The van der Waals surface area contributed by atoms with Gasteiger partial charge < -0.3 is 16.4 Å². The lowest BCUT2D eigenvalue weighted by Crippen LogP contribution is -2.13. The van der Waals surface area contributed by atoms with Crippen molar-refractivity contribution in [2.45, 2.75) is 13.3 Å². The number of benzene rings is 1. The van der Waals surface area contributed by atoms with E-state index in [1.165, 1.54) is 11.1 Å². The Kier molecular flexibility index (Phi) is 5.76. The molecular weight excluding hydrogens is 380 g/mol. The molecule has 29 heavy (non-hydrogen) atoms. The van der Waals surface area contributed by atoms with Crippen LogP contribution < -0.4 is 16.4 Å². The second-order valence-corrected chi connectivity index (χ2v) is 7.57. The first kappa shape index (κ1) is 19.0. The van der Waals surface area contributed by atoms with Crippen LogP contribution >= 0.6 is 11.8 Å². The summed E-state index contributed by atoms with van der Waals surface area (Å²) >= 11 is 1.57. The van der Waals surface area contributed by atoms with Gasteiger partial charge in [-0.05, 0) is 36.6 Å². The molecule has 0 fully saturated rings. The Labute approximate surface area is 174 Å². The largest absolute Gasteiger partial charge is 0.395 e. The Hall–Kier alpha value is -3.32. The second-order valence-electron chi connectivity index (χ2n) is 6.69. The zero-order valence-corrected chi connectivity index (χ0v) is 16.9. The molecule has 0 aliphatic carbocycles. The molecule has 0 bridgehead atoms. The standard InChI is InChI=1S/C22H22N6S/c1-15-4-6-17(7-5-15)19-14-29-21(27-19)20(23)18-9-12-26-22(28-18)25-11-8-16-3-2-10-24-13-16/h2-7,9-10,12-14,27H,8,11,23H2,1H3,(H,25,26,28)/b21-20+. The maximum atomic E-state index is 6.39. The number of thioether (sulfide) groups is 1. The number of hydrogen-bond acceptors (Lipinski definition) is 7. The minimum Gasteiger partial charge on any atom is -0.395 e. The van der Waals surface area contributed by atoms with Crippen molar-refractivity contribution in [1.29, 1.82) is 0 Å². The van der Waals surface area contributed by atoms with Gasteiger partial charge in [-0.2, -0.15) is 0 Å². The molecule has 7 heteroatoms. The van der Waals surface area contributed by atoms with Crippen LogP contribution in [-0.2, 0) is 6.42 Å². The SMILES string of the molecule is Cc1ccc(C2=CS/C(=C(/N)c3ccnc(NCCc4cccnc4)n3)N2)cc1. The van der Waals surface area contributed by atoms with E-state index >= 15 is 0 Å². The summed E-state index contributed by atoms with van der Waals surface area (Å²) in [6, 6.07) is 14.2. The van der Waals surface area contributed by atoms with Crippen LogP contribution in [-0.4, -0.2) is 21.5 Å². The van der Waals surface area contributed by atoms with Crippen LogP contribution in [0.25, 0.3) is 11.4 Å². The average Bonchev–Trinajstić information content (AvgIpc) is 3.25. The van der Waals surface area contributed by atoms with Gasteiger partial charge in [0, 0.05) is 30.5 Å². The number of nitrogens with one attached hydrogen (secondary N) is 2. The van der Waals surface area contributed by atoms with E-state index in [-0.39, 0.29) is 0 Å². The van der Waals surface area contributed by atoms with Crippen molar-refractivity contribution in [1.82, 2.24) is 20.3 Å². The Morgan fingerprint density at radius 3 is 2.79 bits per heavy atom. The van der Waals surface area contributed by atoms with E-state index in [2.05, 4.69) is 68.2 Å². The molecule has 4 rings (SSSR count). The van der Waals surface area contributed by atoms with Gasteiger partial charge in [0.15, 0.2) is 0 Å². The Morgan fingerprint density at radius 1 is 1.14 bits per heavy atom. The first-order valence-corrected chi connectivity index (χ1v) is 10.2. The van der Waals surface area contributed by atoms with Gasteiger partial charge in [0.05, 0.1) is 17.1 Å². The quantitative estimate of drug-likeness (QED) is 0.578. The number of nitrogens with zero attached hydrogens (tertiary/aromatic N) is 3. The number of aryl methyl sites for hydroxylation is 1. The zero-order chi connectivity index (χ0) is 20.1. The van der Waals surface area contributed by atoms with E-state index in [0.29, 0.717) is 17.3 Å². The summed E-state index contributed by atoms with van der Waals surface area (Å²) in [5, 5.41) is 9.60. The van der Waals surface area contributed by atoms with Gasteiger partial charge in [0.1, 0.15) is 5.03 Å². The molecule has 1 aliphatic heterocycles. The van der Waals surface area contributed by atoms with E-state index in [1.54, 1.807) is 24.2 Å². The fourth-order valence-corrected chi connectivity index (χ4v) is 3.71. The van der Waals surface area contributed by atoms with E-state index in [0.717, 1.165) is 29.3 Å². The Balaban J connectivity index is 1.42. The first-order chi connectivity index (χ1) is 14.2. The summed E-state index contributed by atoms with van der Waals surface area (Å²) in [5.41, 5.74) is 12.3. The molecule has 146 valence electrons. The third-order valence-corrected chi connectivity index (χ3v) is 5.41. The molecule has 0 unspecified atom stereocenters. The van der Waals surface area contributed by atoms with Crippen LogP contribution in [0.2, 0.25) is 0 Å². The molecular formula is C22H22N6S. The summed E-state index contributed by atoms with van der Waals surface area (Å²) in [7, 11) is 0. The van der Waals surface area contributed by atoms with Crippen LogP contribution in [0.3, 0.4) is 0 Å². The molecule has 0 atom stereocenters. The van der Waals surface area contributed by atoms with Gasteiger partial charge in [0.25, 0.3) is 0 Å². The highest BCUT2D eigenvalue weighted by molar-refractivity contribution is 8.06. The highest BCUT2D eigenvalue weighted by atomic mass is 32.2. The first-order valence-electron chi connectivity index (χ1n) is 9.36. The average molecular weight is 403 g/mol. The lowest BCUT2D eigenvalue weighted by molar-refractivity contribution is 0.970. The van der Waals surface area contributed by atoms with Gasteiger partial charge in [-0.25, -0.2) is 9.97 Å². The van der Waals surface area contributed by atoms with Crippen molar-refractivity contribution in [3.63, 3.8) is 0 Å². The number of aromatic nitrogens is 3. The number of pyridine rings is 1. The number of rotatable bonds is 6. The molecule has 0 spiro atoms. The summed E-state index contributed by atoms with van der Waals surface area (Å²) in [6.07, 6.45) is 6.20. The maximum Gasteiger partial charge on any atom is 0.223 e. The van der Waals surface area contributed by atoms with Crippen molar-refractivity contribution in [3.05, 3.63) is 93.9 Å². The highest BCUT2D eigenvalue weighted by Crippen LogP contribution is 2.33. The molecule has 0 amide bonds. The zero-order valence-electron chi connectivity index (χ0n) is 16.1. The van der Waals surface area contributed by atoms with E-state index in [1.807, 2.05) is 18.3 Å². The molecule has 0 saturated heterocycles. The summed E-state index contributed by atoms with van der Waals surface area (Å²) < 4.78 is 0. The monoisotopic (exact) mass is 402 g/mol. The van der Waals surface area contributed by atoms with Crippen molar-refractivity contribution < 1.29 is 0 Å². The van der Waals surface area contributed by atoms with Crippen LogP contribution in [0.15, 0.2) is 71.5 Å². The topological polar surface area (TPSA) is 88.8 Å². The van der Waals surface area contributed by atoms with E-state index in [9.17, 15) is 0 Å². The molecule has 2 aromatic heterocycles. The molecule has 1 aromatic carbocycles. The fourth-order valence-electron chi connectivity index (χ4n) is 2.88. The molecule has 0 radical (unpaired) electrons. The van der Waals surface area contributed by atoms with Gasteiger partial charge in [0.2, 0.25) is 5.95 Å². The van der Waals surface area contributed by atoms with Crippen LogP contribution in [0.5, 0.6) is 0 Å². The van der Waals surface area contributed by atoms with Crippen molar-refractivity contribution in [2.75, 3.05) is 11.9 Å². The smallest absolute Gasteiger partial charge is 0.223 e. The lowest BCUT2D eigenvalue weighted by Gasteiger charge is -2.10. The minimum absolute atomic E-state index is 0.560. The second kappa shape index (κ2) is 8.79. The van der Waals surface area contributed by atoms with Crippen LogP contribution in [0.4, 0.5) is 5.95 Å². The third-order valence-electron chi connectivity index (χ3n) is 4.50. The number of nitrogens with two attached hydrogens (primary N) is 1. The van der Waals surface area contributed by atoms with Crippen LogP contribution in [0.1, 0.15) is 22.4 Å².